The summed E-state index contributed by atoms with van der Waals surface area (Å²) in [5.74, 6) is 0.0570. The number of nitrogens with zero attached hydrogens (tertiary/aromatic N) is 2. The molecular weight excluding hydrogens is 256 g/mol. The van der Waals surface area contributed by atoms with Crippen LogP contribution in [0.5, 0.6) is 0 Å². The number of hydrogen-bond donors (Lipinski definition) is 0. The number of carbonyl (C=O) groups excluding carboxylic acids is 2. The zero-order chi connectivity index (χ0) is 14.9. The number of hydrogen-bond acceptors (Lipinski definition) is 3. The molecule has 2 amide bonds. The Bertz CT molecular complexity index is 383. The highest BCUT2D eigenvalue weighted by molar-refractivity contribution is 5.84. The maximum absolute atomic E-state index is 12.3. The van der Waals surface area contributed by atoms with E-state index in [9.17, 15) is 9.59 Å². The summed E-state index contributed by atoms with van der Waals surface area (Å²) in [6, 6.07) is 0.449. The van der Waals surface area contributed by atoms with E-state index in [0.29, 0.717) is 12.6 Å². The van der Waals surface area contributed by atoms with Crippen LogP contribution in [0, 0.1) is 0 Å². The van der Waals surface area contributed by atoms with Crippen molar-refractivity contribution in [2.24, 2.45) is 0 Å². The first kappa shape index (κ1) is 15.1. The Balaban J connectivity index is 1.98. The van der Waals surface area contributed by atoms with Crippen molar-refractivity contribution in [1.29, 1.82) is 0 Å². The molecule has 0 N–H and O–H groups in total. The third-order valence-corrected chi connectivity index (χ3v) is 3.94. The van der Waals surface area contributed by atoms with Crippen LogP contribution in [-0.4, -0.2) is 52.6 Å². The quantitative estimate of drug-likeness (QED) is 0.742. The van der Waals surface area contributed by atoms with Crippen molar-refractivity contribution in [3.63, 3.8) is 0 Å². The van der Waals surface area contributed by atoms with Gasteiger partial charge in [0, 0.05) is 18.6 Å². The van der Waals surface area contributed by atoms with Crippen molar-refractivity contribution in [1.82, 2.24) is 9.80 Å². The van der Waals surface area contributed by atoms with E-state index in [1.54, 1.807) is 0 Å². The largest absolute Gasteiger partial charge is 0.444 e. The third kappa shape index (κ3) is 3.44. The second-order valence-electron chi connectivity index (χ2n) is 6.95. The van der Waals surface area contributed by atoms with Gasteiger partial charge in [-0.3, -0.25) is 9.69 Å². The highest BCUT2D eigenvalue weighted by atomic mass is 16.6. The lowest BCUT2D eigenvalue weighted by molar-refractivity contribution is -0.142. The SMILES string of the molecule is C[C@H]1CN(C(=O)OC(C)(C)C)CC(=O)N1C1CCCC1. The van der Waals surface area contributed by atoms with Crippen LogP contribution in [0.3, 0.4) is 0 Å². The van der Waals surface area contributed by atoms with Gasteiger partial charge in [0.1, 0.15) is 12.1 Å². The predicted octanol–water partition coefficient (Wildman–Crippen LogP) is 2.40. The number of piperazine rings is 1. The first-order chi connectivity index (χ1) is 9.28. The lowest BCUT2D eigenvalue weighted by atomic mass is 10.1. The minimum atomic E-state index is -0.522. The van der Waals surface area contributed by atoms with Crippen molar-refractivity contribution in [2.75, 3.05) is 13.1 Å². The van der Waals surface area contributed by atoms with Crippen LogP contribution in [0.15, 0.2) is 0 Å². The normalized spacial score (nSPS) is 25.2. The molecular formula is C15H26N2O3. The third-order valence-electron chi connectivity index (χ3n) is 3.94. The summed E-state index contributed by atoms with van der Waals surface area (Å²) in [6.07, 6.45) is 4.22. The molecule has 2 fully saturated rings. The highest BCUT2D eigenvalue weighted by Crippen LogP contribution is 2.27. The van der Waals surface area contributed by atoms with Crippen molar-refractivity contribution < 1.29 is 14.3 Å². The van der Waals surface area contributed by atoms with Gasteiger partial charge in [-0.05, 0) is 40.5 Å². The van der Waals surface area contributed by atoms with E-state index in [0.717, 1.165) is 12.8 Å². The molecule has 2 aliphatic rings. The first-order valence-corrected chi connectivity index (χ1v) is 7.57. The van der Waals surface area contributed by atoms with Crippen molar-refractivity contribution >= 4 is 12.0 Å². The van der Waals surface area contributed by atoms with Gasteiger partial charge in [-0.25, -0.2) is 4.79 Å². The maximum atomic E-state index is 12.3. The Morgan fingerprint density at radius 2 is 1.85 bits per heavy atom. The van der Waals surface area contributed by atoms with Crippen LogP contribution in [0.2, 0.25) is 0 Å². The molecule has 1 saturated carbocycles. The van der Waals surface area contributed by atoms with E-state index < -0.39 is 5.60 Å². The standard InChI is InChI=1S/C15H26N2O3/c1-11-9-16(14(19)20-15(2,3)4)10-13(18)17(11)12-7-5-6-8-12/h11-12H,5-10H2,1-4H3/t11-/m0/s1. The number of rotatable bonds is 1. The van der Waals surface area contributed by atoms with Gasteiger partial charge in [0.25, 0.3) is 0 Å². The molecule has 0 bridgehead atoms. The van der Waals surface area contributed by atoms with E-state index in [1.807, 2.05) is 32.6 Å². The van der Waals surface area contributed by atoms with Gasteiger partial charge in [0.05, 0.1) is 0 Å². The molecule has 1 saturated heterocycles. The summed E-state index contributed by atoms with van der Waals surface area (Å²) >= 11 is 0. The van der Waals surface area contributed by atoms with E-state index in [4.69, 9.17) is 4.74 Å². The van der Waals surface area contributed by atoms with Crippen LogP contribution in [0.4, 0.5) is 4.79 Å². The molecule has 114 valence electrons. The average molecular weight is 282 g/mol. The summed E-state index contributed by atoms with van der Waals surface area (Å²) in [4.78, 5) is 27.9. The minimum absolute atomic E-state index is 0.0570. The predicted molar refractivity (Wildman–Crippen MR) is 76.4 cm³/mol. The Hall–Kier alpha value is -1.26. The number of carbonyl (C=O) groups is 2. The monoisotopic (exact) mass is 282 g/mol. The second-order valence-corrected chi connectivity index (χ2v) is 6.95. The second kappa shape index (κ2) is 5.62. The van der Waals surface area contributed by atoms with Gasteiger partial charge >= 0.3 is 6.09 Å². The molecule has 1 aliphatic heterocycles. The van der Waals surface area contributed by atoms with Crippen LogP contribution >= 0.6 is 0 Å². The molecule has 0 aromatic carbocycles. The van der Waals surface area contributed by atoms with Gasteiger partial charge < -0.3 is 9.64 Å². The van der Waals surface area contributed by atoms with Crippen LogP contribution in [0.25, 0.3) is 0 Å². The summed E-state index contributed by atoms with van der Waals surface area (Å²) in [5.41, 5.74) is -0.522. The van der Waals surface area contributed by atoms with Gasteiger partial charge in [0.2, 0.25) is 5.91 Å². The number of ether oxygens (including phenoxy) is 1. The highest BCUT2D eigenvalue weighted by Gasteiger charge is 2.38. The van der Waals surface area contributed by atoms with Gasteiger partial charge in [-0.2, -0.15) is 0 Å². The Kier molecular flexibility index (Phi) is 4.25. The molecule has 0 aromatic heterocycles. The molecule has 0 radical (unpaired) electrons. The molecule has 2 rings (SSSR count). The fourth-order valence-corrected chi connectivity index (χ4v) is 3.17. The van der Waals surface area contributed by atoms with E-state index in [2.05, 4.69) is 0 Å². The smallest absolute Gasteiger partial charge is 0.410 e. The number of amides is 2. The Labute approximate surface area is 121 Å². The van der Waals surface area contributed by atoms with E-state index >= 15 is 0 Å². The first-order valence-electron chi connectivity index (χ1n) is 7.57. The average Bonchev–Trinajstić information content (AvgIpc) is 2.79. The zero-order valence-electron chi connectivity index (χ0n) is 13.0. The van der Waals surface area contributed by atoms with Gasteiger partial charge in [0.15, 0.2) is 0 Å². The molecule has 1 heterocycles. The summed E-state index contributed by atoms with van der Waals surface area (Å²) < 4.78 is 5.35. The molecule has 0 spiro atoms. The molecule has 20 heavy (non-hydrogen) atoms. The lowest BCUT2D eigenvalue weighted by Gasteiger charge is -2.42. The maximum Gasteiger partial charge on any atom is 0.410 e. The van der Waals surface area contributed by atoms with Crippen molar-refractivity contribution in [2.45, 2.75) is 71.1 Å². The van der Waals surface area contributed by atoms with Gasteiger partial charge in [-0.15, -0.1) is 0 Å². The lowest BCUT2D eigenvalue weighted by Crippen LogP contribution is -2.59. The molecule has 0 unspecified atom stereocenters. The van der Waals surface area contributed by atoms with Crippen LogP contribution in [0.1, 0.15) is 53.4 Å². The summed E-state index contributed by atoms with van der Waals surface area (Å²) in [5, 5.41) is 0. The molecule has 1 aliphatic carbocycles. The molecule has 1 atom stereocenters. The van der Waals surface area contributed by atoms with E-state index in [-0.39, 0.29) is 24.6 Å². The fraction of sp³-hybridized carbons (Fsp3) is 0.867. The summed E-state index contributed by atoms with van der Waals surface area (Å²) in [6.45, 7) is 8.25. The van der Waals surface area contributed by atoms with Crippen molar-refractivity contribution in [3.05, 3.63) is 0 Å². The zero-order valence-corrected chi connectivity index (χ0v) is 13.0. The Morgan fingerprint density at radius 1 is 1.25 bits per heavy atom. The topological polar surface area (TPSA) is 49.9 Å². The van der Waals surface area contributed by atoms with E-state index in [1.165, 1.54) is 17.7 Å². The van der Waals surface area contributed by atoms with Crippen molar-refractivity contribution in [3.8, 4) is 0 Å². The Morgan fingerprint density at radius 3 is 2.35 bits per heavy atom. The minimum Gasteiger partial charge on any atom is -0.444 e. The molecule has 5 heteroatoms. The molecule has 5 nitrogen and oxygen atoms in total. The van der Waals surface area contributed by atoms with Crippen LogP contribution in [-0.2, 0) is 9.53 Å². The fourth-order valence-electron chi connectivity index (χ4n) is 3.17. The van der Waals surface area contributed by atoms with Gasteiger partial charge in [-0.1, -0.05) is 12.8 Å². The molecule has 0 aromatic rings. The van der Waals surface area contributed by atoms with Crippen LogP contribution < -0.4 is 0 Å². The summed E-state index contributed by atoms with van der Waals surface area (Å²) in [7, 11) is 0.